The summed E-state index contributed by atoms with van der Waals surface area (Å²) in [4.78, 5) is 0. The maximum Gasteiger partial charge on any atom is 0.184 e. The van der Waals surface area contributed by atoms with Gasteiger partial charge in [-0.2, -0.15) is 0 Å². The lowest BCUT2D eigenvalue weighted by Gasteiger charge is -2.19. The zero-order valence-corrected chi connectivity index (χ0v) is 8.10. The number of hydrogen-bond acceptors (Lipinski definition) is 5. The molecule has 0 radical (unpaired) electrons. The molecule has 0 saturated carbocycles. The number of methoxy groups -OCH3 is 3. The maximum atomic E-state index is 9.40. The van der Waals surface area contributed by atoms with Crippen molar-refractivity contribution in [1.29, 1.82) is 0 Å². The van der Waals surface area contributed by atoms with Crippen LogP contribution in [0.15, 0.2) is 0 Å². The Bertz CT molecular complexity index is 151. The molecule has 1 saturated heterocycles. The molecule has 0 aromatic rings. The van der Waals surface area contributed by atoms with Gasteiger partial charge in [-0.05, 0) is 0 Å². The Hall–Kier alpha value is -0.200. The molecule has 4 unspecified atom stereocenters. The number of rotatable bonds is 4. The van der Waals surface area contributed by atoms with E-state index in [-0.39, 0.29) is 12.2 Å². The van der Waals surface area contributed by atoms with Gasteiger partial charge in [0.1, 0.15) is 18.3 Å². The summed E-state index contributed by atoms with van der Waals surface area (Å²) in [6.45, 7) is 0.384. The van der Waals surface area contributed by atoms with Crippen molar-refractivity contribution in [1.82, 2.24) is 0 Å². The van der Waals surface area contributed by atoms with Crippen LogP contribution in [-0.4, -0.2) is 57.6 Å². The average molecular weight is 192 g/mol. The minimum absolute atomic E-state index is 0.269. The Kier molecular flexibility index (Phi) is 4.08. The van der Waals surface area contributed by atoms with Crippen LogP contribution in [0.25, 0.3) is 0 Å². The molecule has 0 aromatic carbocycles. The third kappa shape index (κ3) is 2.18. The molecule has 0 aliphatic carbocycles. The van der Waals surface area contributed by atoms with E-state index >= 15 is 0 Å². The van der Waals surface area contributed by atoms with Gasteiger partial charge in [0, 0.05) is 21.3 Å². The summed E-state index contributed by atoms with van der Waals surface area (Å²) in [5.41, 5.74) is 0. The first-order valence-corrected chi connectivity index (χ1v) is 4.12. The van der Waals surface area contributed by atoms with Crippen LogP contribution in [0.3, 0.4) is 0 Å². The quantitative estimate of drug-likeness (QED) is 0.643. The molecule has 1 heterocycles. The second-order valence-corrected chi connectivity index (χ2v) is 2.92. The minimum Gasteiger partial charge on any atom is -0.382 e. The third-order valence-electron chi connectivity index (χ3n) is 2.16. The minimum atomic E-state index is -0.935. The number of aliphatic hydroxyl groups excluding tert-OH is 1. The van der Waals surface area contributed by atoms with E-state index in [1.807, 2.05) is 0 Å². The molecule has 1 aliphatic heterocycles. The van der Waals surface area contributed by atoms with Gasteiger partial charge >= 0.3 is 0 Å². The lowest BCUT2D eigenvalue weighted by Crippen LogP contribution is -2.37. The van der Waals surface area contributed by atoms with Crippen LogP contribution in [0.5, 0.6) is 0 Å². The van der Waals surface area contributed by atoms with Crippen molar-refractivity contribution in [3.63, 3.8) is 0 Å². The van der Waals surface area contributed by atoms with Gasteiger partial charge in [0.2, 0.25) is 0 Å². The highest BCUT2D eigenvalue weighted by atomic mass is 16.7. The first kappa shape index (κ1) is 10.9. The summed E-state index contributed by atoms with van der Waals surface area (Å²) in [6.07, 6.45) is -1.92. The SMILES string of the molecule is COCC1OC(O)C(OC)C1OC. The standard InChI is InChI=1S/C8H16O5/c1-10-4-5-6(11-2)7(12-3)8(9)13-5/h5-9H,4H2,1-3H3. The van der Waals surface area contributed by atoms with Gasteiger partial charge < -0.3 is 24.1 Å². The highest BCUT2D eigenvalue weighted by Gasteiger charge is 2.44. The van der Waals surface area contributed by atoms with E-state index in [0.717, 1.165) is 0 Å². The van der Waals surface area contributed by atoms with Crippen LogP contribution < -0.4 is 0 Å². The second kappa shape index (κ2) is 4.88. The van der Waals surface area contributed by atoms with E-state index in [4.69, 9.17) is 18.9 Å². The molecule has 1 rings (SSSR count). The molecule has 78 valence electrons. The zero-order chi connectivity index (χ0) is 9.84. The molecule has 5 nitrogen and oxygen atoms in total. The van der Waals surface area contributed by atoms with E-state index in [0.29, 0.717) is 6.61 Å². The summed E-state index contributed by atoms with van der Waals surface area (Å²) in [5, 5.41) is 9.40. The van der Waals surface area contributed by atoms with Gasteiger partial charge in [0.15, 0.2) is 6.29 Å². The molecule has 13 heavy (non-hydrogen) atoms. The van der Waals surface area contributed by atoms with Crippen LogP contribution in [0.2, 0.25) is 0 Å². The molecule has 5 heteroatoms. The summed E-state index contributed by atoms with van der Waals surface area (Å²) < 4.78 is 20.3. The van der Waals surface area contributed by atoms with E-state index < -0.39 is 12.4 Å². The van der Waals surface area contributed by atoms with Gasteiger partial charge in [0.25, 0.3) is 0 Å². The Morgan fingerprint density at radius 1 is 1.15 bits per heavy atom. The Labute approximate surface area is 77.5 Å². The van der Waals surface area contributed by atoms with Gasteiger partial charge in [-0.3, -0.25) is 0 Å². The van der Waals surface area contributed by atoms with E-state index in [1.165, 1.54) is 7.11 Å². The van der Waals surface area contributed by atoms with Gasteiger partial charge in [-0.25, -0.2) is 0 Å². The molecule has 1 N–H and O–H groups in total. The van der Waals surface area contributed by atoms with Crippen LogP contribution >= 0.6 is 0 Å². The molecule has 0 aromatic heterocycles. The lowest BCUT2D eigenvalue weighted by atomic mass is 10.1. The summed E-state index contributed by atoms with van der Waals surface area (Å²) >= 11 is 0. The van der Waals surface area contributed by atoms with Crippen LogP contribution in [-0.2, 0) is 18.9 Å². The molecular weight excluding hydrogens is 176 g/mol. The fraction of sp³-hybridized carbons (Fsp3) is 1.00. The van der Waals surface area contributed by atoms with Crippen molar-refractivity contribution >= 4 is 0 Å². The van der Waals surface area contributed by atoms with Crippen molar-refractivity contribution in [3.8, 4) is 0 Å². The molecule has 1 fully saturated rings. The monoisotopic (exact) mass is 192 g/mol. The van der Waals surface area contributed by atoms with Crippen LogP contribution in [0.1, 0.15) is 0 Å². The molecule has 0 amide bonds. The predicted octanol–water partition coefficient (Wildman–Crippen LogP) is -0.620. The first-order valence-electron chi connectivity index (χ1n) is 4.12. The smallest absolute Gasteiger partial charge is 0.184 e. The van der Waals surface area contributed by atoms with E-state index in [9.17, 15) is 5.11 Å². The number of hydrogen-bond donors (Lipinski definition) is 1. The maximum absolute atomic E-state index is 9.40. The summed E-state index contributed by atoms with van der Waals surface area (Å²) in [5.74, 6) is 0. The van der Waals surface area contributed by atoms with Crippen molar-refractivity contribution in [2.45, 2.75) is 24.6 Å². The summed E-state index contributed by atoms with van der Waals surface area (Å²) in [6, 6.07) is 0. The van der Waals surface area contributed by atoms with Crippen LogP contribution in [0, 0.1) is 0 Å². The van der Waals surface area contributed by atoms with Gasteiger partial charge in [-0.1, -0.05) is 0 Å². The topological polar surface area (TPSA) is 57.2 Å². The average Bonchev–Trinajstić information content (AvgIpc) is 2.41. The third-order valence-corrected chi connectivity index (χ3v) is 2.16. The highest BCUT2D eigenvalue weighted by Crippen LogP contribution is 2.24. The van der Waals surface area contributed by atoms with Gasteiger partial charge in [-0.15, -0.1) is 0 Å². The molecule has 0 spiro atoms. The first-order chi connectivity index (χ1) is 6.24. The molecule has 4 atom stereocenters. The fourth-order valence-corrected chi connectivity index (χ4v) is 1.54. The number of aliphatic hydroxyl groups is 1. The second-order valence-electron chi connectivity index (χ2n) is 2.92. The normalized spacial score (nSPS) is 39.7. The Morgan fingerprint density at radius 3 is 2.23 bits per heavy atom. The molecular formula is C8H16O5. The zero-order valence-electron chi connectivity index (χ0n) is 8.10. The van der Waals surface area contributed by atoms with E-state index in [1.54, 1.807) is 14.2 Å². The van der Waals surface area contributed by atoms with Crippen molar-refractivity contribution in [3.05, 3.63) is 0 Å². The van der Waals surface area contributed by atoms with Crippen LogP contribution in [0.4, 0.5) is 0 Å². The number of ether oxygens (including phenoxy) is 4. The lowest BCUT2D eigenvalue weighted by molar-refractivity contribution is -0.141. The summed E-state index contributed by atoms with van der Waals surface area (Å²) in [7, 11) is 4.64. The fourth-order valence-electron chi connectivity index (χ4n) is 1.54. The van der Waals surface area contributed by atoms with E-state index in [2.05, 4.69) is 0 Å². The largest absolute Gasteiger partial charge is 0.382 e. The molecule has 0 bridgehead atoms. The van der Waals surface area contributed by atoms with Crippen molar-refractivity contribution < 1.29 is 24.1 Å². The Morgan fingerprint density at radius 2 is 1.77 bits per heavy atom. The highest BCUT2D eigenvalue weighted by molar-refractivity contribution is 4.88. The van der Waals surface area contributed by atoms with Crippen molar-refractivity contribution in [2.24, 2.45) is 0 Å². The Balaban J connectivity index is 2.57. The molecule has 1 aliphatic rings. The van der Waals surface area contributed by atoms with Crippen molar-refractivity contribution in [2.75, 3.05) is 27.9 Å². The predicted molar refractivity (Wildman–Crippen MR) is 44.3 cm³/mol. The van der Waals surface area contributed by atoms with Gasteiger partial charge in [0.05, 0.1) is 6.61 Å².